The van der Waals surface area contributed by atoms with Gasteiger partial charge in [0.15, 0.2) is 0 Å². The second-order valence-corrected chi connectivity index (χ2v) is 12.1. The van der Waals surface area contributed by atoms with Crippen molar-refractivity contribution in [3.8, 4) is 0 Å². The molecule has 0 spiro atoms. The third-order valence-electron chi connectivity index (χ3n) is 7.48. The Balaban J connectivity index is 1.43. The molecule has 3 aromatic carbocycles. The van der Waals surface area contributed by atoms with Crippen LogP contribution in [0.4, 0.5) is 5.69 Å². The fraction of sp³-hybridized carbons (Fsp3) is 0.333. The third kappa shape index (κ3) is 5.29. The van der Waals surface area contributed by atoms with Gasteiger partial charge in [-0.1, -0.05) is 65.7 Å². The molecule has 0 aromatic heterocycles. The second-order valence-electron chi connectivity index (χ2n) is 10.3. The zero-order chi connectivity index (χ0) is 26.9. The molecule has 1 unspecified atom stereocenters. The number of imide groups is 1. The molecule has 0 radical (unpaired) electrons. The van der Waals surface area contributed by atoms with Gasteiger partial charge in [-0.05, 0) is 56.5 Å². The molecular weight excluding hydrogens is 498 g/mol. The third-order valence-corrected chi connectivity index (χ3v) is 9.46. The Morgan fingerprint density at radius 3 is 2.00 bits per heavy atom. The number of benzene rings is 3. The fourth-order valence-corrected chi connectivity index (χ4v) is 7.23. The maximum absolute atomic E-state index is 14.1. The highest BCUT2D eigenvalue weighted by Crippen LogP contribution is 2.34. The molecule has 2 fully saturated rings. The Morgan fingerprint density at radius 1 is 0.816 bits per heavy atom. The summed E-state index contributed by atoms with van der Waals surface area (Å²) in [5, 5.41) is 0. The summed E-state index contributed by atoms with van der Waals surface area (Å²) in [6.45, 7) is 6.03. The van der Waals surface area contributed by atoms with Crippen LogP contribution in [0.3, 0.4) is 0 Å². The first-order valence-electron chi connectivity index (χ1n) is 13.0. The SMILES string of the molecule is Cc1ccc(N2C(=O)CC(N(C3CCN(Cc4ccccc4)CC3)S(=O)(=O)c3ccc(C)cc3)C2=O)cc1. The number of likely N-dealkylation sites (tertiary alicyclic amines) is 1. The number of rotatable bonds is 7. The Kier molecular flexibility index (Phi) is 7.47. The lowest BCUT2D eigenvalue weighted by Crippen LogP contribution is -2.53. The van der Waals surface area contributed by atoms with Crippen molar-refractivity contribution in [1.82, 2.24) is 9.21 Å². The van der Waals surface area contributed by atoms with Gasteiger partial charge in [-0.15, -0.1) is 0 Å². The highest BCUT2D eigenvalue weighted by atomic mass is 32.2. The van der Waals surface area contributed by atoms with Crippen LogP contribution in [-0.2, 0) is 26.2 Å². The zero-order valence-electron chi connectivity index (χ0n) is 21.8. The van der Waals surface area contributed by atoms with Crippen LogP contribution in [0.2, 0.25) is 0 Å². The summed E-state index contributed by atoms with van der Waals surface area (Å²) in [4.78, 5) is 30.4. The summed E-state index contributed by atoms with van der Waals surface area (Å²) in [7, 11) is -4.03. The van der Waals surface area contributed by atoms with Crippen molar-refractivity contribution in [2.75, 3.05) is 18.0 Å². The highest BCUT2D eigenvalue weighted by molar-refractivity contribution is 7.89. The standard InChI is InChI=1S/C30H33N3O4S/c1-22-8-12-25(13-9-22)32-29(34)20-28(30(32)35)33(38(36,37)27-14-10-23(2)11-15-27)26-16-18-31(19-17-26)21-24-6-4-3-5-7-24/h3-15,26,28H,16-21H2,1-2H3. The number of aryl methyl sites for hydroxylation is 2. The minimum Gasteiger partial charge on any atom is -0.299 e. The minimum atomic E-state index is -4.03. The van der Waals surface area contributed by atoms with Gasteiger partial charge in [0.2, 0.25) is 15.9 Å². The van der Waals surface area contributed by atoms with Crippen LogP contribution in [0.1, 0.15) is 36.0 Å². The van der Waals surface area contributed by atoms with Crippen LogP contribution < -0.4 is 4.90 Å². The number of carbonyl (C=O) groups excluding carboxylic acids is 2. The molecule has 0 bridgehead atoms. The van der Waals surface area contributed by atoms with Crippen molar-refractivity contribution in [2.45, 2.75) is 56.6 Å². The van der Waals surface area contributed by atoms with Gasteiger partial charge in [-0.2, -0.15) is 4.31 Å². The van der Waals surface area contributed by atoms with E-state index in [2.05, 4.69) is 17.0 Å². The molecule has 3 aromatic rings. The summed E-state index contributed by atoms with van der Waals surface area (Å²) in [5.41, 5.74) is 3.64. The summed E-state index contributed by atoms with van der Waals surface area (Å²) < 4.78 is 29.5. The second kappa shape index (κ2) is 10.8. The van der Waals surface area contributed by atoms with Gasteiger partial charge in [-0.3, -0.25) is 14.5 Å². The van der Waals surface area contributed by atoms with Gasteiger partial charge in [0.05, 0.1) is 17.0 Å². The van der Waals surface area contributed by atoms with Crippen LogP contribution in [-0.4, -0.2) is 54.6 Å². The fourth-order valence-electron chi connectivity index (χ4n) is 5.40. The van der Waals surface area contributed by atoms with E-state index in [9.17, 15) is 18.0 Å². The van der Waals surface area contributed by atoms with Gasteiger partial charge >= 0.3 is 0 Å². The van der Waals surface area contributed by atoms with E-state index in [1.54, 1.807) is 36.4 Å². The van der Waals surface area contributed by atoms with Gasteiger partial charge in [0, 0.05) is 25.7 Å². The molecule has 2 amide bonds. The number of piperidine rings is 1. The molecule has 2 saturated heterocycles. The number of nitrogens with zero attached hydrogens (tertiary/aromatic N) is 3. The summed E-state index contributed by atoms with van der Waals surface area (Å²) in [5.74, 6) is -0.865. The number of hydrogen-bond donors (Lipinski definition) is 0. The maximum Gasteiger partial charge on any atom is 0.252 e. The number of amides is 2. The number of anilines is 1. The molecule has 0 aliphatic carbocycles. The van der Waals surface area contributed by atoms with E-state index in [4.69, 9.17) is 0 Å². The molecule has 7 nitrogen and oxygen atoms in total. The predicted octanol–water partition coefficient (Wildman–Crippen LogP) is 4.29. The smallest absolute Gasteiger partial charge is 0.252 e. The first kappa shape index (κ1) is 26.3. The zero-order valence-corrected chi connectivity index (χ0v) is 22.6. The maximum atomic E-state index is 14.1. The number of carbonyl (C=O) groups is 2. The van der Waals surface area contributed by atoms with Gasteiger partial charge in [-0.25, -0.2) is 13.3 Å². The first-order chi connectivity index (χ1) is 18.2. The minimum absolute atomic E-state index is 0.142. The average Bonchev–Trinajstić information content (AvgIpc) is 3.19. The van der Waals surface area contributed by atoms with Crippen LogP contribution in [0, 0.1) is 13.8 Å². The largest absolute Gasteiger partial charge is 0.299 e. The van der Waals surface area contributed by atoms with Crippen molar-refractivity contribution < 1.29 is 18.0 Å². The van der Waals surface area contributed by atoms with E-state index in [1.807, 2.05) is 44.2 Å². The average molecular weight is 532 g/mol. The lowest BCUT2D eigenvalue weighted by Gasteiger charge is -2.39. The lowest BCUT2D eigenvalue weighted by molar-refractivity contribution is -0.122. The molecular formula is C30H33N3O4S. The van der Waals surface area contributed by atoms with E-state index in [0.717, 1.165) is 22.6 Å². The Hall–Kier alpha value is -3.33. The van der Waals surface area contributed by atoms with Crippen molar-refractivity contribution in [2.24, 2.45) is 0 Å². The molecule has 38 heavy (non-hydrogen) atoms. The van der Waals surface area contributed by atoms with E-state index in [0.29, 0.717) is 31.6 Å². The number of hydrogen-bond acceptors (Lipinski definition) is 5. The van der Waals surface area contributed by atoms with Crippen molar-refractivity contribution in [1.29, 1.82) is 0 Å². The molecule has 0 N–H and O–H groups in total. The quantitative estimate of drug-likeness (QED) is 0.425. The molecule has 198 valence electrons. The summed E-state index contributed by atoms with van der Waals surface area (Å²) in [6.07, 6.45) is 1.00. The van der Waals surface area contributed by atoms with Gasteiger partial charge in [0.25, 0.3) is 5.91 Å². The normalized spacial score (nSPS) is 19.4. The van der Waals surface area contributed by atoms with E-state index in [1.165, 1.54) is 9.87 Å². The Morgan fingerprint density at radius 2 is 1.39 bits per heavy atom. The predicted molar refractivity (Wildman–Crippen MR) is 147 cm³/mol. The lowest BCUT2D eigenvalue weighted by atomic mass is 10.0. The monoisotopic (exact) mass is 531 g/mol. The molecule has 2 heterocycles. The van der Waals surface area contributed by atoms with E-state index in [-0.39, 0.29) is 23.3 Å². The summed E-state index contributed by atoms with van der Waals surface area (Å²) >= 11 is 0. The molecule has 0 saturated carbocycles. The van der Waals surface area contributed by atoms with Gasteiger partial charge in [0.1, 0.15) is 6.04 Å². The molecule has 5 rings (SSSR count). The first-order valence-corrected chi connectivity index (χ1v) is 14.5. The van der Waals surface area contributed by atoms with Crippen LogP contribution in [0.25, 0.3) is 0 Å². The van der Waals surface area contributed by atoms with E-state index < -0.39 is 22.0 Å². The van der Waals surface area contributed by atoms with Crippen LogP contribution >= 0.6 is 0 Å². The highest BCUT2D eigenvalue weighted by Gasteiger charge is 2.49. The van der Waals surface area contributed by atoms with Crippen molar-refractivity contribution in [3.63, 3.8) is 0 Å². The number of sulfonamides is 1. The van der Waals surface area contributed by atoms with E-state index >= 15 is 0 Å². The molecule has 8 heteroatoms. The topological polar surface area (TPSA) is 78.0 Å². The van der Waals surface area contributed by atoms with Crippen LogP contribution in [0.15, 0.2) is 83.8 Å². The van der Waals surface area contributed by atoms with Crippen molar-refractivity contribution >= 4 is 27.5 Å². The summed E-state index contributed by atoms with van der Waals surface area (Å²) in [6, 6.07) is 22.6. The van der Waals surface area contributed by atoms with Crippen molar-refractivity contribution in [3.05, 3.63) is 95.6 Å². The Bertz CT molecular complexity index is 1400. The molecule has 2 aliphatic rings. The Labute approximate surface area is 224 Å². The molecule has 2 aliphatic heterocycles. The van der Waals surface area contributed by atoms with Crippen LogP contribution in [0.5, 0.6) is 0 Å². The van der Waals surface area contributed by atoms with Gasteiger partial charge < -0.3 is 0 Å². The molecule has 1 atom stereocenters.